The summed E-state index contributed by atoms with van der Waals surface area (Å²) in [5.74, 6) is -1.57. The molecule has 1 atom stereocenters. The highest BCUT2D eigenvalue weighted by atomic mass is 16.4. The summed E-state index contributed by atoms with van der Waals surface area (Å²) < 4.78 is 0. The average molecular weight is 263 g/mol. The van der Waals surface area contributed by atoms with Crippen LogP contribution in [0.4, 0.5) is 0 Å². The van der Waals surface area contributed by atoms with Crippen LogP contribution < -0.4 is 5.32 Å². The van der Waals surface area contributed by atoms with Crippen molar-refractivity contribution in [2.24, 2.45) is 0 Å². The normalized spacial score (nSPS) is 19.3. The Kier molecular flexibility index (Phi) is 3.32. The van der Waals surface area contributed by atoms with Crippen LogP contribution in [0.1, 0.15) is 25.3 Å². The van der Waals surface area contributed by atoms with Crippen LogP contribution in [0.15, 0.2) is 30.3 Å². The van der Waals surface area contributed by atoms with Crippen molar-refractivity contribution in [1.29, 1.82) is 0 Å². The van der Waals surface area contributed by atoms with Gasteiger partial charge in [0.15, 0.2) is 5.60 Å². The number of hydrogen-bond donors (Lipinski definition) is 3. The third kappa shape index (κ3) is 2.61. The number of carboxylic acid groups (broad SMARTS) is 1. The van der Waals surface area contributed by atoms with Gasteiger partial charge in [-0.15, -0.1) is 0 Å². The topological polar surface area (TPSA) is 86.6 Å². The standard InChI is InChI=1S/C14H17NO4/c1-13(19,12(17)18)9-15-11(16)14(7-8-14)10-5-3-2-4-6-10/h2-6,19H,7-9H2,1H3,(H,15,16)(H,17,18). The number of nitrogens with one attached hydrogen (secondary N) is 1. The molecular weight excluding hydrogens is 246 g/mol. The fraction of sp³-hybridized carbons (Fsp3) is 0.429. The second-order valence-corrected chi connectivity index (χ2v) is 5.21. The van der Waals surface area contributed by atoms with Gasteiger partial charge in [-0.05, 0) is 25.3 Å². The second-order valence-electron chi connectivity index (χ2n) is 5.21. The summed E-state index contributed by atoms with van der Waals surface area (Å²) in [5.41, 5.74) is -1.55. The number of aliphatic carboxylic acids is 1. The molecule has 5 heteroatoms. The third-order valence-corrected chi connectivity index (χ3v) is 3.56. The molecule has 1 saturated carbocycles. The molecule has 1 aliphatic rings. The van der Waals surface area contributed by atoms with Gasteiger partial charge in [-0.2, -0.15) is 0 Å². The van der Waals surface area contributed by atoms with Gasteiger partial charge in [-0.3, -0.25) is 4.79 Å². The Morgan fingerprint density at radius 3 is 2.37 bits per heavy atom. The first-order valence-electron chi connectivity index (χ1n) is 6.18. The van der Waals surface area contributed by atoms with E-state index in [9.17, 15) is 14.7 Å². The quantitative estimate of drug-likeness (QED) is 0.728. The molecular formula is C14H17NO4. The van der Waals surface area contributed by atoms with Crippen molar-refractivity contribution in [2.45, 2.75) is 30.8 Å². The van der Waals surface area contributed by atoms with Gasteiger partial charge in [0.05, 0.1) is 12.0 Å². The van der Waals surface area contributed by atoms with Crippen LogP contribution in [0.25, 0.3) is 0 Å². The van der Waals surface area contributed by atoms with Crippen molar-refractivity contribution < 1.29 is 19.8 Å². The van der Waals surface area contributed by atoms with Crippen molar-refractivity contribution in [3.8, 4) is 0 Å². The molecule has 19 heavy (non-hydrogen) atoms. The number of hydrogen-bond acceptors (Lipinski definition) is 3. The maximum absolute atomic E-state index is 12.2. The number of rotatable bonds is 5. The van der Waals surface area contributed by atoms with Crippen LogP contribution in [0.2, 0.25) is 0 Å². The Labute approximate surface area is 111 Å². The number of benzene rings is 1. The lowest BCUT2D eigenvalue weighted by Crippen LogP contribution is -2.48. The molecule has 0 saturated heterocycles. The molecule has 0 radical (unpaired) electrons. The predicted molar refractivity (Wildman–Crippen MR) is 68.6 cm³/mol. The van der Waals surface area contributed by atoms with Gasteiger partial charge < -0.3 is 15.5 Å². The Morgan fingerprint density at radius 1 is 1.32 bits per heavy atom. The van der Waals surface area contributed by atoms with E-state index in [1.54, 1.807) is 0 Å². The van der Waals surface area contributed by atoms with E-state index in [4.69, 9.17) is 5.11 Å². The van der Waals surface area contributed by atoms with Gasteiger partial charge in [-0.1, -0.05) is 30.3 Å². The first kappa shape index (κ1) is 13.5. The predicted octanol–water partition coefficient (Wildman–Crippen LogP) is 0.670. The van der Waals surface area contributed by atoms with Gasteiger partial charge in [0.1, 0.15) is 0 Å². The molecule has 0 bridgehead atoms. The summed E-state index contributed by atoms with van der Waals surface area (Å²) in [4.78, 5) is 22.9. The molecule has 3 N–H and O–H groups in total. The van der Waals surface area contributed by atoms with E-state index in [0.717, 1.165) is 25.3 Å². The molecule has 0 aliphatic heterocycles. The molecule has 1 fully saturated rings. The van der Waals surface area contributed by atoms with E-state index in [1.807, 2.05) is 30.3 Å². The van der Waals surface area contributed by atoms with Crippen LogP contribution >= 0.6 is 0 Å². The maximum atomic E-state index is 12.2. The number of amides is 1. The van der Waals surface area contributed by atoms with Crippen LogP contribution in [-0.2, 0) is 15.0 Å². The summed E-state index contributed by atoms with van der Waals surface area (Å²) in [6.45, 7) is 0.869. The van der Waals surface area contributed by atoms with Crippen LogP contribution in [0.5, 0.6) is 0 Å². The number of carboxylic acids is 1. The second kappa shape index (κ2) is 4.66. The zero-order chi connectivity index (χ0) is 14.1. The van der Waals surface area contributed by atoms with E-state index in [1.165, 1.54) is 0 Å². The highest BCUT2D eigenvalue weighted by molar-refractivity contribution is 5.91. The number of aliphatic hydroxyl groups is 1. The van der Waals surface area contributed by atoms with Gasteiger partial charge in [0.2, 0.25) is 5.91 Å². The number of carbonyl (C=O) groups is 2. The summed E-state index contributed by atoms with van der Waals surface area (Å²) in [6, 6.07) is 9.41. The van der Waals surface area contributed by atoms with Crippen molar-refractivity contribution in [3.05, 3.63) is 35.9 Å². The lowest BCUT2D eigenvalue weighted by molar-refractivity contribution is -0.156. The van der Waals surface area contributed by atoms with Crippen molar-refractivity contribution in [1.82, 2.24) is 5.32 Å². The molecule has 0 heterocycles. The third-order valence-electron chi connectivity index (χ3n) is 3.56. The molecule has 1 aromatic rings. The smallest absolute Gasteiger partial charge is 0.337 e. The number of carbonyl (C=O) groups excluding carboxylic acids is 1. The monoisotopic (exact) mass is 263 g/mol. The average Bonchev–Trinajstić information content (AvgIpc) is 3.18. The minimum absolute atomic E-state index is 0.222. The molecule has 5 nitrogen and oxygen atoms in total. The van der Waals surface area contributed by atoms with E-state index in [2.05, 4.69) is 5.32 Å². The Balaban J connectivity index is 2.04. The lowest BCUT2D eigenvalue weighted by Gasteiger charge is -2.21. The Hall–Kier alpha value is -1.88. The first-order chi connectivity index (χ1) is 8.88. The molecule has 1 aliphatic carbocycles. The summed E-state index contributed by atoms with van der Waals surface area (Å²) >= 11 is 0. The largest absolute Gasteiger partial charge is 0.479 e. The van der Waals surface area contributed by atoms with Crippen molar-refractivity contribution in [2.75, 3.05) is 6.54 Å². The zero-order valence-corrected chi connectivity index (χ0v) is 10.7. The Bertz CT molecular complexity index is 491. The molecule has 2 rings (SSSR count). The molecule has 1 unspecified atom stereocenters. The summed E-state index contributed by atoms with van der Waals surface area (Å²) in [5, 5.41) is 20.9. The highest BCUT2D eigenvalue weighted by Gasteiger charge is 2.51. The fourth-order valence-electron chi connectivity index (χ4n) is 2.03. The van der Waals surface area contributed by atoms with E-state index >= 15 is 0 Å². The lowest BCUT2D eigenvalue weighted by atomic mass is 9.94. The SMILES string of the molecule is CC(O)(CNC(=O)C1(c2ccccc2)CC1)C(=O)O. The molecule has 0 spiro atoms. The van der Waals surface area contributed by atoms with Gasteiger partial charge in [-0.25, -0.2) is 4.79 Å². The fourth-order valence-corrected chi connectivity index (χ4v) is 2.03. The van der Waals surface area contributed by atoms with Crippen LogP contribution in [-0.4, -0.2) is 34.2 Å². The Morgan fingerprint density at radius 2 is 1.89 bits per heavy atom. The van der Waals surface area contributed by atoms with Crippen LogP contribution in [0, 0.1) is 0 Å². The summed E-state index contributed by atoms with van der Waals surface area (Å²) in [7, 11) is 0. The maximum Gasteiger partial charge on any atom is 0.337 e. The van der Waals surface area contributed by atoms with E-state index in [-0.39, 0.29) is 12.5 Å². The zero-order valence-electron chi connectivity index (χ0n) is 10.7. The van der Waals surface area contributed by atoms with Crippen LogP contribution in [0.3, 0.4) is 0 Å². The van der Waals surface area contributed by atoms with Crippen molar-refractivity contribution >= 4 is 11.9 Å². The van der Waals surface area contributed by atoms with Gasteiger partial charge >= 0.3 is 5.97 Å². The molecule has 1 amide bonds. The van der Waals surface area contributed by atoms with E-state index < -0.39 is 17.0 Å². The molecule has 1 aromatic carbocycles. The van der Waals surface area contributed by atoms with E-state index in [0.29, 0.717) is 0 Å². The first-order valence-corrected chi connectivity index (χ1v) is 6.18. The highest BCUT2D eigenvalue weighted by Crippen LogP contribution is 2.48. The molecule has 0 aromatic heterocycles. The van der Waals surface area contributed by atoms with Gasteiger partial charge in [0.25, 0.3) is 0 Å². The van der Waals surface area contributed by atoms with Gasteiger partial charge in [0, 0.05) is 0 Å². The minimum atomic E-state index is -1.94. The summed E-state index contributed by atoms with van der Waals surface area (Å²) in [6.07, 6.45) is 1.50. The minimum Gasteiger partial charge on any atom is -0.479 e. The van der Waals surface area contributed by atoms with Crippen molar-refractivity contribution in [3.63, 3.8) is 0 Å². The molecule has 102 valence electrons.